The Balaban J connectivity index is 1.86. The molecule has 1 aromatic carbocycles. The van der Waals surface area contributed by atoms with Crippen LogP contribution in [0.25, 0.3) is 0 Å². The van der Waals surface area contributed by atoms with E-state index >= 15 is 0 Å². The van der Waals surface area contributed by atoms with E-state index in [0.717, 1.165) is 5.56 Å². The van der Waals surface area contributed by atoms with Crippen LogP contribution in [0.2, 0.25) is 10.0 Å². The maximum absolute atomic E-state index is 12.7. The third-order valence-corrected chi connectivity index (χ3v) is 5.84. The molecule has 0 N–H and O–H groups in total. The van der Waals surface area contributed by atoms with E-state index in [1.807, 2.05) is 0 Å². The minimum Gasteiger partial charge on any atom is -0.371 e. The van der Waals surface area contributed by atoms with Gasteiger partial charge in [0.1, 0.15) is 4.90 Å². The molecule has 0 radical (unpaired) electrons. The van der Waals surface area contributed by atoms with E-state index in [-0.39, 0.29) is 11.4 Å². The summed E-state index contributed by atoms with van der Waals surface area (Å²) in [6, 6.07) is 8.22. The fraction of sp³-hybridized carbons (Fsp3) is 0.267. The Kier molecular flexibility index (Phi) is 4.89. The molecule has 2 heterocycles. The average molecular weight is 373 g/mol. The molecule has 1 atom stereocenters. The van der Waals surface area contributed by atoms with E-state index in [0.29, 0.717) is 23.2 Å². The van der Waals surface area contributed by atoms with Gasteiger partial charge < -0.3 is 4.74 Å². The van der Waals surface area contributed by atoms with Gasteiger partial charge in [0, 0.05) is 35.5 Å². The molecule has 0 spiro atoms. The van der Waals surface area contributed by atoms with Crippen LogP contribution in [0, 0.1) is 0 Å². The highest BCUT2D eigenvalue weighted by molar-refractivity contribution is 7.89. The molecule has 2 aromatic rings. The first-order valence-corrected chi connectivity index (χ1v) is 9.14. The third kappa shape index (κ3) is 3.67. The van der Waals surface area contributed by atoms with Crippen molar-refractivity contribution in [3.8, 4) is 0 Å². The van der Waals surface area contributed by atoms with Crippen LogP contribution in [0.15, 0.2) is 47.6 Å². The molecule has 0 amide bonds. The first kappa shape index (κ1) is 16.7. The number of aromatic nitrogens is 1. The summed E-state index contributed by atoms with van der Waals surface area (Å²) >= 11 is 12.0. The second kappa shape index (κ2) is 6.75. The summed E-state index contributed by atoms with van der Waals surface area (Å²) in [5.41, 5.74) is 0.758. The van der Waals surface area contributed by atoms with Crippen molar-refractivity contribution in [3.63, 3.8) is 0 Å². The molecule has 1 aliphatic rings. The molecule has 3 rings (SSSR count). The lowest BCUT2D eigenvalue weighted by atomic mass is 10.1. The lowest BCUT2D eigenvalue weighted by Crippen LogP contribution is -2.42. The Morgan fingerprint density at radius 1 is 1.22 bits per heavy atom. The summed E-state index contributed by atoms with van der Waals surface area (Å²) < 4.78 is 32.4. The molecular formula is C15H14Cl2N2O3S. The highest BCUT2D eigenvalue weighted by Gasteiger charge is 2.31. The Labute approximate surface area is 144 Å². The molecule has 8 heteroatoms. The smallest absolute Gasteiger partial charge is 0.244 e. The lowest BCUT2D eigenvalue weighted by Gasteiger charge is -2.32. The van der Waals surface area contributed by atoms with Gasteiger partial charge in [0.2, 0.25) is 10.0 Å². The Morgan fingerprint density at radius 2 is 1.96 bits per heavy atom. The molecule has 0 aliphatic carbocycles. The van der Waals surface area contributed by atoms with Crippen molar-refractivity contribution in [2.75, 3.05) is 19.7 Å². The van der Waals surface area contributed by atoms with Gasteiger partial charge in [-0.3, -0.25) is 4.98 Å². The SMILES string of the molecule is O=S(=O)(c1cccnc1)N1CCOC(c2cc(Cl)cc(Cl)c2)C1. The van der Waals surface area contributed by atoms with Gasteiger partial charge in [0.05, 0.1) is 12.7 Å². The van der Waals surface area contributed by atoms with Gasteiger partial charge >= 0.3 is 0 Å². The second-order valence-electron chi connectivity index (χ2n) is 5.11. The molecule has 122 valence electrons. The topological polar surface area (TPSA) is 59.5 Å². The zero-order valence-electron chi connectivity index (χ0n) is 12.0. The van der Waals surface area contributed by atoms with Crippen LogP contribution in [0.5, 0.6) is 0 Å². The number of rotatable bonds is 3. The summed E-state index contributed by atoms with van der Waals surface area (Å²) in [5.74, 6) is 0. The highest BCUT2D eigenvalue weighted by atomic mass is 35.5. The predicted octanol–water partition coefficient (Wildman–Crippen LogP) is 3.15. The monoisotopic (exact) mass is 372 g/mol. The third-order valence-electron chi connectivity index (χ3n) is 3.56. The number of pyridine rings is 1. The van der Waals surface area contributed by atoms with Crippen molar-refractivity contribution in [3.05, 3.63) is 58.3 Å². The van der Waals surface area contributed by atoms with Crippen LogP contribution in [0.1, 0.15) is 11.7 Å². The first-order chi connectivity index (χ1) is 11.0. The first-order valence-electron chi connectivity index (χ1n) is 6.94. The van der Waals surface area contributed by atoms with E-state index in [2.05, 4.69) is 4.98 Å². The normalized spacial score (nSPS) is 19.7. The number of ether oxygens (including phenoxy) is 1. The number of benzene rings is 1. The van der Waals surface area contributed by atoms with Gasteiger partial charge in [-0.05, 0) is 35.9 Å². The molecule has 1 unspecified atom stereocenters. The van der Waals surface area contributed by atoms with Crippen LogP contribution in [0.3, 0.4) is 0 Å². The zero-order chi connectivity index (χ0) is 16.4. The van der Waals surface area contributed by atoms with E-state index < -0.39 is 16.1 Å². The van der Waals surface area contributed by atoms with Gasteiger partial charge in [-0.1, -0.05) is 23.2 Å². The van der Waals surface area contributed by atoms with Gasteiger partial charge in [0.25, 0.3) is 0 Å². The minimum atomic E-state index is -3.60. The maximum Gasteiger partial charge on any atom is 0.244 e. The molecular weight excluding hydrogens is 359 g/mol. The highest BCUT2D eigenvalue weighted by Crippen LogP contribution is 2.30. The molecule has 0 saturated carbocycles. The fourth-order valence-electron chi connectivity index (χ4n) is 2.46. The van der Waals surface area contributed by atoms with Gasteiger partial charge in [0.15, 0.2) is 0 Å². The summed E-state index contributed by atoms with van der Waals surface area (Å²) in [5, 5.41) is 0.978. The van der Waals surface area contributed by atoms with Crippen LogP contribution >= 0.6 is 23.2 Å². The molecule has 1 fully saturated rings. The number of hydrogen-bond donors (Lipinski definition) is 0. The Morgan fingerprint density at radius 3 is 2.61 bits per heavy atom. The van der Waals surface area contributed by atoms with Crippen LogP contribution < -0.4 is 0 Å². The van der Waals surface area contributed by atoms with E-state index in [1.165, 1.54) is 22.8 Å². The number of halogens is 2. The largest absolute Gasteiger partial charge is 0.371 e. The minimum absolute atomic E-state index is 0.171. The molecule has 5 nitrogen and oxygen atoms in total. The molecule has 0 bridgehead atoms. The zero-order valence-corrected chi connectivity index (χ0v) is 14.4. The van der Waals surface area contributed by atoms with Crippen molar-refractivity contribution in [2.45, 2.75) is 11.0 Å². The number of sulfonamides is 1. The average Bonchev–Trinajstić information content (AvgIpc) is 2.55. The second-order valence-corrected chi connectivity index (χ2v) is 7.92. The van der Waals surface area contributed by atoms with Crippen molar-refractivity contribution in [2.24, 2.45) is 0 Å². The summed E-state index contributed by atoms with van der Waals surface area (Å²) in [6.45, 7) is 0.796. The van der Waals surface area contributed by atoms with Crippen LogP contribution in [-0.4, -0.2) is 37.4 Å². The number of hydrogen-bond acceptors (Lipinski definition) is 4. The lowest BCUT2D eigenvalue weighted by molar-refractivity contribution is -0.00255. The standard InChI is InChI=1S/C15H14Cl2N2O3S/c16-12-6-11(7-13(17)8-12)15-10-19(4-5-22-15)23(20,21)14-2-1-3-18-9-14/h1-3,6-9,15H,4-5,10H2. The predicted molar refractivity (Wildman–Crippen MR) is 88.2 cm³/mol. The van der Waals surface area contributed by atoms with E-state index in [4.69, 9.17) is 27.9 Å². The summed E-state index contributed by atoms with van der Waals surface area (Å²) in [7, 11) is -3.60. The van der Waals surface area contributed by atoms with Gasteiger partial charge in [-0.15, -0.1) is 0 Å². The van der Waals surface area contributed by atoms with Crippen LogP contribution in [-0.2, 0) is 14.8 Å². The Bertz CT molecular complexity index is 779. The van der Waals surface area contributed by atoms with Crippen molar-refractivity contribution < 1.29 is 13.2 Å². The van der Waals surface area contributed by atoms with Crippen molar-refractivity contribution >= 4 is 33.2 Å². The molecule has 23 heavy (non-hydrogen) atoms. The van der Waals surface area contributed by atoms with E-state index in [1.54, 1.807) is 24.3 Å². The number of nitrogens with zero attached hydrogens (tertiary/aromatic N) is 2. The Hall–Kier alpha value is -1.18. The summed E-state index contributed by atoms with van der Waals surface area (Å²) in [6.07, 6.45) is 2.47. The molecule has 1 saturated heterocycles. The quantitative estimate of drug-likeness (QED) is 0.830. The van der Waals surface area contributed by atoms with E-state index in [9.17, 15) is 8.42 Å². The molecule has 1 aromatic heterocycles. The van der Waals surface area contributed by atoms with Crippen LogP contribution in [0.4, 0.5) is 0 Å². The van der Waals surface area contributed by atoms with Gasteiger partial charge in [-0.25, -0.2) is 8.42 Å². The summed E-state index contributed by atoms with van der Waals surface area (Å²) in [4.78, 5) is 4.05. The maximum atomic E-state index is 12.7. The van der Waals surface area contributed by atoms with Crippen molar-refractivity contribution in [1.82, 2.24) is 9.29 Å². The van der Waals surface area contributed by atoms with Crippen molar-refractivity contribution in [1.29, 1.82) is 0 Å². The fourth-order valence-corrected chi connectivity index (χ4v) is 4.39. The molecule has 1 aliphatic heterocycles. The van der Waals surface area contributed by atoms with Gasteiger partial charge in [-0.2, -0.15) is 4.31 Å². The number of morpholine rings is 1.